The molecule has 1 aliphatic carbocycles. The fraction of sp³-hybridized carbons (Fsp3) is 0.769. The molecule has 16 heavy (non-hydrogen) atoms. The fourth-order valence-electron chi connectivity index (χ4n) is 2.83. The molecule has 0 radical (unpaired) electrons. The predicted molar refractivity (Wildman–Crippen MR) is 64.6 cm³/mol. The minimum Gasteiger partial charge on any atom is -0.345 e. The SMILES string of the molecule is c1nc(C2CCCCCC2)[nH]c1C1CNC1. The van der Waals surface area contributed by atoms with Crippen molar-refractivity contribution in [3.8, 4) is 0 Å². The molecule has 2 aliphatic rings. The van der Waals surface area contributed by atoms with Gasteiger partial charge in [-0.25, -0.2) is 4.98 Å². The zero-order valence-corrected chi connectivity index (χ0v) is 9.84. The second-order valence-corrected chi connectivity index (χ2v) is 5.27. The summed E-state index contributed by atoms with van der Waals surface area (Å²) < 4.78 is 0. The zero-order chi connectivity index (χ0) is 10.8. The summed E-state index contributed by atoms with van der Waals surface area (Å²) in [5.41, 5.74) is 1.35. The predicted octanol–water partition coefficient (Wildman–Crippen LogP) is 2.53. The van der Waals surface area contributed by atoms with E-state index in [1.807, 2.05) is 0 Å². The summed E-state index contributed by atoms with van der Waals surface area (Å²) >= 11 is 0. The summed E-state index contributed by atoms with van der Waals surface area (Å²) in [5, 5.41) is 3.31. The van der Waals surface area contributed by atoms with E-state index in [-0.39, 0.29) is 0 Å². The van der Waals surface area contributed by atoms with Gasteiger partial charge in [0.05, 0.1) is 0 Å². The molecule has 0 atom stereocenters. The van der Waals surface area contributed by atoms with Crippen LogP contribution in [0.2, 0.25) is 0 Å². The number of H-pyrrole nitrogens is 1. The molecule has 3 heteroatoms. The number of aromatic amines is 1. The fourth-order valence-corrected chi connectivity index (χ4v) is 2.83. The van der Waals surface area contributed by atoms with Crippen molar-refractivity contribution >= 4 is 0 Å². The third-order valence-corrected chi connectivity index (χ3v) is 4.08. The van der Waals surface area contributed by atoms with Gasteiger partial charge in [-0.05, 0) is 12.8 Å². The highest BCUT2D eigenvalue weighted by atomic mass is 15.0. The Morgan fingerprint density at radius 2 is 1.75 bits per heavy atom. The first-order valence-electron chi connectivity index (χ1n) is 6.69. The van der Waals surface area contributed by atoms with Gasteiger partial charge < -0.3 is 10.3 Å². The van der Waals surface area contributed by atoms with Gasteiger partial charge in [0.15, 0.2) is 0 Å². The number of aromatic nitrogens is 2. The van der Waals surface area contributed by atoms with E-state index in [0.717, 1.165) is 13.1 Å². The van der Waals surface area contributed by atoms with Gasteiger partial charge in [0.25, 0.3) is 0 Å². The first-order chi connectivity index (χ1) is 7.93. The van der Waals surface area contributed by atoms with Crippen LogP contribution < -0.4 is 5.32 Å². The van der Waals surface area contributed by atoms with Crippen LogP contribution in [-0.2, 0) is 0 Å². The minimum absolute atomic E-state index is 0.687. The average molecular weight is 219 g/mol. The van der Waals surface area contributed by atoms with Crippen LogP contribution in [0.25, 0.3) is 0 Å². The van der Waals surface area contributed by atoms with Crippen molar-refractivity contribution in [1.82, 2.24) is 15.3 Å². The first-order valence-corrected chi connectivity index (χ1v) is 6.69. The summed E-state index contributed by atoms with van der Waals surface area (Å²) in [4.78, 5) is 8.16. The highest BCUT2D eigenvalue weighted by Gasteiger charge is 2.23. The Kier molecular flexibility index (Phi) is 2.96. The van der Waals surface area contributed by atoms with Gasteiger partial charge in [0.2, 0.25) is 0 Å². The maximum absolute atomic E-state index is 4.60. The lowest BCUT2D eigenvalue weighted by molar-refractivity contribution is 0.439. The van der Waals surface area contributed by atoms with Gasteiger partial charge in [-0.15, -0.1) is 0 Å². The lowest BCUT2D eigenvalue weighted by Crippen LogP contribution is -2.40. The van der Waals surface area contributed by atoms with Gasteiger partial charge in [0.1, 0.15) is 5.82 Å². The largest absolute Gasteiger partial charge is 0.345 e. The Morgan fingerprint density at radius 3 is 2.38 bits per heavy atom. The monoisotopic (exact) mass is 219 g/mol. The van der Waals surface area contributed by atoms with Crippen LogP contribution in [0.15, 0.2) is 6.20 Å². The molecule has 3 rings (SSSR count). The summed E-state index contributed by atoms with van der Waals surface area (Å²) in [6.07, 6.45) is 10.3. The molecule has 0 amide bonds. The van der Waals surface area contributed by atoms with Crippen molar-refractivity contribution < 1.29 is 0 Å². The van der Waals surface area contributed by atoms with Crippen LogP contribution >= 0.6 is 0 Å². The topological polar surface area (TPSA) is 40.7 Å². The lowest BCUT2D eigenvalue weighted by atomic mass is 9.99. The molecule has 1 aromatic heterocycles. The van der Waals surface area contributed by atoms with Gasteiger partial charge in [-0.3, -0.25) is 0 Å². The standard InChI is InChI=1S/C13H21N3/c1-2-4-6-10(5-3-1)13-15-9-12(16-13)11-7-14-8-11/h9-11,14H,1-8H2,(H,15,16). The van der Waals surface area contributed by atoms with E-state index in [9.17, 15) is 0 Å². The number of rotatable bonds is 2. The highest BCUT2D eigenvalue weighted by Crippen LogP contribution is 2.30. The molecule has 0 unspecified atom stereocenters. The normalized spacial score (nSPS) is 24.0. The quantitative estimate of drug-likeness (QED) is 0.750. The molecule has 2 N–H and O–H groups in total. The Hall–Kier alpha value is -0.830. The molecule has 1 aliphatic heterocycles. The molecule has 88 valence electrons. The van der Waals surface area contributed by atoms with E-state index in [1.54, 1.807) is 0 Å². The number of nitrogens with one attached hydrogen (secondary N) is 2. The van der Waals surface area contributed by atoms with E-state index >= 15 is 0 Å². The van der Waals surface area contributed by atoms with E-state index < -0.39 is 0 Å². The van der Waals surface area contributed by atoms with Crippen LogP contribution in [0.5, 0.6) is 0 Å². The molecule has 1 saturated carbocycles. The maximum Gasteiger partial charge on any atom is 0.109 e. The molecule has 2 fully saturated rings. The Balaban J connectivity index is 1.70. The molecule has 2 heterocycles. The van der Waals surface area contributed by atoms with E-state index in [4.69, 9.17) is 0 Å². The Morgan fingerprint density at radius 1 is 1.00 bits per heavy atom. The van der Waals surface area contributed by atoms with Crippen molar-refractivity contribution in [1.29, 1.82) is 0 Å². The van der Waals surface area contributed by atoms with Crippen LogP contribution in [-0.4, -0.2) is 23.1 Å². The van der Waals surface area contributed by atoms with Crippen LogP contribution in [0.4, 0.5) is 0 Å². The van der Waals surface area contributed by atoms with E-state index in [1.165, 1.54) is 50.0 Å². The van der Waals surface area contributed by atoms with Crippen LogP contribution in [0.3, 0.4) is 0 Å². The molecule has 0 bridgehead atoms. The highest BCUT2D eigenvalue weighted by molar-refractivity contribution is 5.14. The third kappa shape index (κ3) is 2.01. The smallest absolute Gasteiger partial charge is 0.109 e. The number of hydrogen-bond donors (Lipinski definition) is 2. The van der Waals surface area contributed by atoms with Gasteiger partial charge in [-0.1, -0.05) is 25.7 Å². The lowest BCUT2D eigenvalue weighted by Gasteiger charge is -2.25. The molecular weight excluding hydrogens is 198 g/mol. The molecule has 0 aromatic carbocycles. The molecular formula is C13H21N3. The Labute approximate surface area is 97.0 Å². The molecule has 1 saturated heterocycles. The summed E-state index contributed by atoms with van der Waals surface area (Å²) in [6.45, 7) is 2.23. The van der Waals surface area contributed by atoms with Crippen LogP contribution in [0, 0.1) is 0 Å². The second-order valence-electron chi connectivity index (χ2n) is 5.27. The van der Waals surface area contributed by atoms with Crippen molar-refractivity contribution in [3.05, 3.63) is 17.7 Å². The minimum atomic E-state index is 0.687. The number of nitrogens with zero attached hydrogens (tertiary/aromatic N) is 1. The molecule has 3 nitrogen and oxygen atoms in total. The average Bonchev–Trinajstić information content (AvgIpc) is 2.52. The Bertz CT molecular complexity index is 333. The van der Waals surface area contributed by atoms with E-state index in [0.29, 0.717) is 11.8 Å². The van der Waals surface area contributed by atoms with Gasteiger partial charge >= 0.3 is 0 Å². The third-order valence-electron chi connectivity index (χ3n) is 4.08. The maximum atomic E-state index is 4.60. The van der Waals surface area contributed by atoms with E-state index in [2.05, 4.69) is 21.5 Å². The first kappa shape index (κ1) is 10.3. The number of hydrogen-bond acceptors (Lipinski definition) is 2. The van der Waals surface area contributed by atoms with Crippen molar-refractivity contribution in [3.63, 3.8) is 0 Å². The second kappa shape index (κ2) is 4.58. The summed E-state index contributed by atoms with van der Waals surface area (Å²) in [5.74, 6) is 2.64. The zero-order valence-electron chi connectivity index (χ0n) is 9.84. The van der Waals surface area contributed by atoms with Gasteiger partial charge in [0, 0.05) is 36.8 Å². The molecule has 1 aromatic rings. The van der Waals surface area contributed by atoms with Gasteiger partial charge in [-0.2, -0.15) is 0 Å². The van der Waals surface area contributed by atoms with Crippen molar-refractivity contribution in [2.24, 2.45) is 0 Å². The number of imidazole rings is 1. The van der Waals surface area contributed by atoms with Crippen molar-refractivity contribution in [2.45, 2.75) is 50.4 Å². The molecule has 0 spiro atoms. The van der Waals surface area contributed by atoms with Crippen LogP contribution in [0.1, 0.15) is 61.9 Å². The summed E-state index contributed by atoms with van der Waals surface area (Å²) in [6, 6.07) is 0. The summed E-state index contributed by atoms with van der Waals surface area (Å²) in [7, 11) is 0. The van der Waals surface area contributed by atoms with Crippen molar-refractivity contribution in [2.75, 3.05) is 13.1 Å².